The number of hydrogen-bond donors (Lipinski definition) is 1. The maximum Gasteiger partial charge on any atom is 0.317 e. The molecule has 0 saturated carbocycles. The van der Waals surface area contributed by atoms with Crippen LogP contribution < -0.4 is 0 Å². The highest BCUT2D eigenvalue weighted by Crippen LogP contribution is 2.22. The summed E-state index contributed by atoms with van der Waals surface area (Å²) in [5.41, 5.74) is 0.517. The molecule has 1 aliphatic rings. The molecule has 1 aromatic heterocycles. The fourth-order valence-electron chi connectivity index (χ4n) is 3.50. The number of nitrogens with zero attached hydrogens (tertiary/aromatic N) is 5. The second-order valence-electron chi connectivity index (χ2n) is 6.78. The number of nitro groups is 1. The molecule has 1 aromatic carbocycles. The van der Waals surface area contributed by atoms with E-state index in [-0.39, 0.29) is 18.3 Å². The van der Waals surface area contributed by atoms with E-state index in [1.807, 2.05) is 11.8 Å². The first-order valence-electron chi connectivity index (χ1n) is 9.22. The molecule has 28 heavy (non-hydrogen) atoms. The molecular weight excluding hydrogens is 366 g/mol. The fraction of sp³-hybridized carbons (Fsp3) is 0.500. The van der Waals surface area contributed by atoms with Gasteiger partial charge in [0.1, 0.15) is 0 Å². The second-order valence-corrected chi connectivity index (χ2v) is 6.78. The number of carboxylic acid groups (broad SMARTS) is 1. The number of benzene rings is 1. The summed E-state index contributed by atoms with van der Waals surface area (Å²) in [4.78, 5) is 30.0. The molecule has 10 heteroatoms. The van der Waals surface area contributed by atoms with E-state index in [2.05, 4.69) is 15.0 Å². The van der Waals surface area contributed by atoms with Gasteiger partial charge in [-0.1, -0.05) is 24.2 Å². The van der Waals surface area contributed by atoms with Gasteiger partial charge in [-0.25, -0.2) is 0 Å². The Bertz CT molecular complexity index is 831. The van der Waals surface area contributed by atoms with Crippen LogP contribution in [0.2, 0.25) is 0 Å². The number of non-ortho nitro benzene ring substituents is 1. The Morgan fingerprint density at radius 2 is 2.18 bits per heavy atom. The van der Waals surface area contributed by atoms with Crippen molar-refractivity contribution in [3.63, 3.8) is 0 Å². The van der Waals surface area contributed by atoms with Crippen molar-refractivity contribution < 1.29 is 19.3 Å². The Morgan fingerprint density at radius 1 is 1.43 bits per heavy atom. The summed E-state index contributed by atoms with van der Waals surface area (Å²) < 4.78 is 5.31. The van der Waals surface area contributed by atoms with Crippen LogP contribution >= 0.6 is 0 Å². The Morgan fingerprint density at radius 3 is 2.82 bits per heavy atom. The predicted octanol–water partition coefficient (Wildman–Crippen LogP) is 2.02. The summed E-state index contributed by atoms with van der Waals surface area (Å²) in [5.74, 6) is -0.0196. The third-order valence-electron chi connectivity index (χ3n) is 4.96. The summed E-state index contributed by atoms with van der Waals surface area (Å²) in [6.45, 7) is 4.89. The average molecular weight is 389 g/mol. The summed E-state index contributed by atoms with van der Waals surface area (Å²) in [6, 6.07) is 6.39. The summed E-state index contributed by atoms with van der Waals surface area (Å²) in [7, 11) is 0. The van der Waals surface area contributed by atoms with Crippen LogP contribution in [-0.4, -0.2) is 68.2 Å². The monoisotopic (exact) mass is 389 g/mol. The lowest BCUT2D eigenvalue weighted by atomic mass is 10.0. The van der Waals surface area contributed by atoms with Gasteiger partial charge in [-0.3, -0.25) is 24.7 Å². The van der Waals surface area contributed by atoms with E-state index < -0.39 is 10.9 Å². The quantitative estimate of drug-likeness (QED) is 0.533. The first-order chi connectivity index (χ1) is 13.5. The van der Waals surface area contributed by atoms with Gasteiger partial charge >= 0.3 is 5.97 Å². The SMILES string of the molecule is CCN(CC(=O)O)C1CCN(Cc2nc(-c3cccc([N+](=O)[O-])c3)no2)CC1. The number of aliphatic carboxylic acids is 1. The van der Waals surface area contributed by atoms with Crippen molar-refractivity contribution in [1.82, 2.24) is 19.9 Å². The summed E-state index contributed by atoms with van der Waals surface area (Å²) >= 11 is 0. The zero-order chi connectivity index (χ0) is 20.1. The molecule has 150 valence electrons. The molecule has 1 aliphatic heterocycles. The van der Waals surface area contributed by atoms with E-state index in [0.717, 1.165) is 25.9 Å². The largest absolute Gasteiger partial charge is 0.480 e. The Hall–Kier alpha value is -2.85. The number of piperidine rings is 1. The highest BCUT2D eigenvalue weighted by atomic mass is 16.6. The molecule has 1 fully saturated rings. The number of likely N-dealkylation sites (N-methyl/N-ethyl adjacent to an activating group) is 1. The van der Waals surface area contributed by atoms with Gasteiger partial charge in [0.25, 0.3) is 5.69 Å². The minimum atomic E-state index is -0.802. The van der Waals surface area contributed by atoms with E-state index in [4.69, 9.17) is 9.63 Å². The Labute approximate surface area is 161 Å². The molecule has 3 rings (SSSR count). The van der Waals surface area contributed by atoms with Gasteiger partial charge in [-0.2, -0.15) is 4.98 Å². The maximum atomic E-state index is 11.0. The molecule has 1 saturated heterocycles. The van der Waals surface area contributed by atoms with E-state index in [0.29, 0.717) is 30.4 Å². The van der Waals surface area contributed by atoms with E-state index >= 15 is 0 Å². The molecule has 0 spiro atoms. The zero-order valence-electron chi connectivity index (χ0n) is 15.7. The minimum Gasteiger partial charge on any atom is -0.480 e. The van der Waals surface area contributed by atoms with Gasteiger partial charge in [0.05, 0.1) is 18.0 Å². The van der Waals surface area contributed by atoms with Crippen LogP contribution in [0.25, 0.3) is 11.4 Å². The minimum absolute atomic E-state index is 0.0206. The first-order valence-corrected chi connectivity index (χ1v) is 9.22. The summed E-state index contributed by atoms with van der Waals surface area (Å²) in [6.07, 6.45) is 1.76. The van der Waals surface area contributed by atoms with Crippen molar-refractivity contribution in [2.75, 3.05) is 26.2 Å². The molecular formula is C18H23N5O5. The third-order valence-corrected chi connectivity index (χ3v) is 4.96. The number of carboxylic acids is 1. The van der Waals surface area contributed by atoms with Crippen molar-refractivity contribution in [2.24, 2.45) is 0 Å². The highest BCUT2D eigenvalue weighted by Gasteiger charge is 2.26. The molecule has 0 atom stereocenters. The van der Waals surface area contributed by atoms with Crippen LogP contribution in [0.4, 0.5) is 5.69 Å². The maximum absolute atomic E-state index is 11.0. The number of rotatable bonds is 8. The van der Waals surface area contributed by atoms with Crippen LogP contribution in [0.15, 0.2) is 28.8 Å². The van der Waals surface area contributed by atoms with Crippen LogP contribution in [0.3, 0.4) is 0 Å². The molecule has 0 amide bonds. The van der Waals surface area contributed by atoms with Gasteiger partial charge in [0.2, 0.25) is 11.7 Å². The van der Waals surface area contributed by atoms with Crippen molar-refractivity contribution in [3.8, 4) is 11.4 Å². The predicted molar refractivity (Wildman–Crippen MR) is 99.6 cm³/mol. The van der Waals surface area contributed by atoms with Gasteiger partial charge in [-0.05, 0) is 19.4 Å². The van der Waals surface area contributed by atoms with Crippen LogP contribution in [0.1, 0.15) is 25.7 Å². The molecule has 0 unspecified atom stereocenters. The average Bonchev–Trinajstić information content (AvgIpc) is 3.15. The number of aromatic nitrogens is 2. The Kier molecular flexibility index (Phi) is 6.32. The number of likely N-dealkylation sites (tertiary alicyclic amines) is 1. The van der Waals surface area contributed by atoms with Gasteiger partial charge in [-0.15, -0.1) is 0 Å². The lowest BCUT2D eigenvalue weighted by Gasteiger charge is -2.36. The lowest BCUT2D eigenvalue weighted by Crippen LogP contribution is -2.46. The second kappa shape index (κ2) is 8.89. The molecule has 10 nitrogen and oxygen atoms in total. The molecule has 0 bridgehead atoms. The first kappa shape index (κ1) is 19.9. The fourth-order valence-corrected chi connectivity index (χ4v) is 3.50. The van der Waals surface area contributed by atoms with Gasteiger partial charge < -0.3 is 9.63 Å². The van der Waals surface area contributed by atoms with Crippen LogP contribution in [0, 0.1) is 10.1 Å². The lowest BCUT2D eigenvalue weighted by molar-refractivity contribution is -0.384. The third kappa shape index (κ3) is 4.90. The summed E-state index contributed by atoms with van der Waals surface area (Å²) in [5, 5.41) is 23.9. The van der Waals surface area contributed by atoms with Crippen molar-refractivity contribution in [3.05, 3.63) is 40.3 Å². The number of carbonyl (C=O) groups is 1. The van der Waals surface area contributed by atoms with Gasteiger partial charge in [0, 0.05) is 36.8 Å². The van der Waals surface area contributed by atoms with Crippen LogP contribution in [0.5, 0.6) is 0 Å². The zero-order valence-corrected chi connectivity index (χ0v) is 15.7. The standard InChI is InChI=1S/C18H23N5O5/c1-2-22(12-17(24)25)14-6-8-21(9-7-14)11-16-19-18(20-28-16)13-4-3-5-15(10-13)23(26)27/h3-5,10,14H,2,6-9,11-12H2,1H3,(H,24,25). The smallest absolute Gasteiger partial charge is 0.317 e. The molecule has 0 radical (unpaired) electrons. The molecule has 1 N–H and O–H groups in total. The number of nitro benzene ring substituents is 1. The van der Waals surface area contributed by atoms with E-state index in [9.17, 15) is 14.9 Å². The van der Waals surface area contributed by atoms with Crippen LogP contribution in [-0.2, 0) is 11.3 Å². The number of hydrogen-bond acceptors (Lipinski definition) is 8. The van der Waals surface area contributed by atoms with Gasteiger partial charge in [0.15, 0.2) is 0 Å². The molecule has 2 heterocycles. The Balaban J connectivity index is 1.57. The molecule has 0 aliphatic carbocycles. The van der Waals surface area contributed by atoms with Crippen molar-refractivity contribution in [2.45, 2.75) is 32.4 Å². The topological polar surface area (TPSA) is 126 Å². The normalized spacial score (nSPS) is 15.8. The van der Waals surface area contributed by atoms with Crippen molar-refractivity contribution >= 4 is 11.7 Å². The van der Waals surface area contributed by atoms with E-state index in [1.54, 1.807) is 12.1 Å². The molecule has 2 aromatic rings. The van der Waals surface area contributed by atoms with Crippen molar-refractivity contribution in [1.29, 1.82) is 0 Å². The highest BCUT2D eigenvalue weighted by molar-refractivity contribution is 5.69. The van der Waals surface area contributed by atoms with E-state index in [1.165, 1.54) is 12.1 Å².